The van der Waals surface area contributed by atoms with Crippen LogP contribution in [0.3, 0.4) is 0 Å². The summed E-state index contributed by atoms with van der Waals surface area (Å²) in [6.07, 6.45) is -4.66. The highest BCUT2D eigenvalue weighted by Crippen LogP contribution is 2.31. The summed E-state index contributed by atoms with van der Waals surface area (Å²) < 4.78 is 42.3. The van der Waals surface area contributed by atoms with Crippen molar-refractivity contribution in [2.75, 3.05) is 25.6 Å². The summed E-state index contributed by atoms with van der Waals surface area (Å²) in [6, 6.07) is 1.31. The first kappa shape index (κ1) is 16.8. The van der Waals surface area contributed by atoms with Crippen LogP contribution in [-0.4, -0.2) is 37.4 Å². The highest BCUT2D eigenvalue weighted by atomic mass is 19.4. The van der Waals surface area contributed by atoms with Gasteiger partial charge in [-0.25, -0.2) is 9.59 Å². The van der Waals surface area contributed by atoms with E-state index < -0.39 is 29.3 Å². The van der Waals surface area contributed by atoms with Crippen molar-refractivity contribution < 1.29 is 32.6 Å². The summed E-state index contributed by atoms with van der Waals surface area (Å²) in [5.41, 5.74) is -1.98. The Hall–Kier alpha value is -2.29. The molecule has 1 aromatic carbocycles. The number of aromatic carboxylic acids is 1. The number of methoxy groups -OCH3 is 1. The Balaban J connectivity index is 2.92. The molecule has 0 aromatic heterocycles. The summed E-state index contributed by atoms with van der Waals surface area (Å²) >= 11 is 0. The molecule has 1 rings (SSSR count). The van der Waals surface area contributed by atoms with Gasteiger partial charge in [0, 0.05) is 13.7 Å². The van der Waals surface area contributed by atoms with Crippen LogP contribution in [0.15, 0.2) is 18.2 Å². The topological polar surface area (TPSA) is 87.7 Å². The van der Waals surface area contributed by atoms with E-state index >= 15 is 0 Å². The van der Waals surface area contributed by atoms with Crippen LogP contribution in [0.4, 0.5) is 23.7 Å². The number of carbonyl (C=O) groups excluding carboxylic acids is 1. The second kappa shape index (κ2) is 6.93. The highest BCUT2D eigenvalue weighted by molar-refractivity contribution is 6.00. The second-order valence-corrected chi connectivity index (χ2v) is 3.94. The summed E-state index contributed by atoms with van der Waals surface area (Å²) in [5.74, 6) is -1.58. The maximum Gasteiger partial charge on any atom is 0.416 e. The average molecular weight is 306 g/mol. The van der Waals surface area contributed by atoms with Crippen LogP contribution in [0.5, 0.6) is 0 Å². The largest absolute Gasteiger partial charge is 0.478 e. The maximum atomic E-state index is 12.5. The molecular formula is C12H13F3N2O4. The Morgan fingerprint density at radius 3 is 2.52 bits per heavy atom. The van der Waals surface area contributed by atoms with Gasteiger partial charge >= 0.3 is 18.2 Å². The SMILES string of the molecule is COCCNC(=O)Nc1ccc(C(F)(F)F)cc1C(=O)O. The fourth-order valence-electron chi connectivity index (χ4n) is 1.44. The van der Waals surface area contributed by atoms with E-state index in [-0.39, 0.29) is 18.8 Å². The van der Waals surface area contributed by atoms with E-state index in [2.05, 4.69) is 10.6 Å². The van der Waals surface area contributed by atoms with Gasteiger partial charge in [-0.2, -0.15) is 13.2 Å². The molecule has 0 radical (unpaired) electrons. The molecule has 1 aromatic rings. The van der Waals surface area contributed by atoms with Crippen molar-refractivity contribution in [3.63, 3.8) is 0 Å². The number of amides is 2. The normalized spacial score (nSPS) is 11.0. The molecule has 9 heteroatoms. The van der Waals surface area contributed by atoms with Gasteiger partial charge in [-0.3, -0.25) is 0 Å². The van der Waals surface area contributed by atoms with Crippen molar-refractivity contribution in [1.82, 2.24) is 5.32 Å². The van der Waals surface area contributed by atoms with E-state index in [9.17, 15) is 22.8 Å². The standard InChI is InChI=1S/C12H13F3N2O4/c1-21-5-4-16-11(20)17-9-3-2-7(12(13,14)15)6-8(9)10(18)19/h2-3,6H,4-5H2,1H3,(H,18,19)(H2,16,17,20). The first-order valence-electron chi connectivity index (χ1n) is 5.74. The Morgan fingerprint density at radius 2 is 2.00 bits per heavy atom. The minimum atomic E-state index is -4.66. The zero-order chi connectivity index (χ0) is 16.0. The molecular weight excluding hydrogens is 293 g/mol. The fraction of sp³-hybridized carbons (Fsp3) is 0.333. The summed E-state index contributed by atoms with van der Waals surface area (Å²) in [6.45, 7) is 0.414. The van der Waals surface area contributed by atoms with Gasteiger partial charge < -0.3 is 20.5 Å². The number of carbonyl (C=O) groups is 2. The van der Waals surface area contributed by atoms with Crippen LogP contribution >= 0.6 is 0 Å². The smallest absolute Gasteiger partial charge is 0.416 e. The molecule has 0 atom stereocenters. The molecule has 0 fully saturated rings. The fourth-order valence-corrected chi connectivity index (χ4v) is 1.44. The van der Waals surface area contributed by atoms with Crippen LogP contribution in [-0.2, 0) is 10.9 Å². The lowest BCUT2D eigenvalue weighted by atomic mass is 10.1. The predicted molar refractivity (Wildman–Crippen MR) is 67.3 cm³/mol. The van der Waals surface area contributed by atoms with Gasteiger partial charge in [-0.1, -0.05) is 0 Å². The summed E-state index contributed by atoms with van der Waals surface area (Å²) in [5, 5.41) is 13.5. The Kier molecular flexibility index (Phi) is 5.53. The molecule has 0 heterocycles. The highest BCUT2D eigenvalue weighted by Gasteiger charge is 2.32. The molecule has 6 nitrogen and oxygen atoms in total. The van der Waals surface area contributed by atoms with E-state index in [0.29, 0.717) is 12.1 Å². The number of halogens is 3. The molecule has 3 N–H and O–H groups in total. The van der Waals surface area contributed by atoms with Crippen molar-refractivity contribution in [2.24, 2.45) is 0 Å². The van der Waals surface area contributed by atoms with E-state index in [1.807, 2.05) is 0 Å². The third-order valence-electron chi connectivity index (χ3n) is 2.42. The molecule has 116 valence electrons. The second-order valence-electron chi connectivity index (χ2n) is 3.94. The monoisotopic (exact) mass is 306 g/mol. The van der Waals surface area contributed by atoms with Gasteiger partial charge in [0.25, 0.3) is 0 Å². The maximum absolute atomic E-state index is 12.5. The zero-order valence-corrected chi connectivity index (χ0v) is 11.0. The first-order valence-corrected chi connectivity index (χ1v) is 5.74. The molecule has 21 heavy (non-hydrogen) atoms. The van der Waals surface area contributed by atoms with Crippen LogP contribution < -0.4 is 10.6 Å². The number of nitrogens with one attached hydrogen (secondary N) is 2. The molecule has 0 aliphatic rings. The van der Waals surface area contributed by atoms with Crippen LogP contribution in [0.1, 0.15) is 15.9 Å². The van der Waals surface area contributed by atoms with Gasteiger partial charge in [0.2, 0.25) is 0 Å². The number of carboxylic acid groups (broad SMARTS) is 1. The number of hydrogen-bond acceptors (Lipinski definition) is 3. The lowest BCUT2D eigenvalue weighted by Gasteiger charge is -2.12. The van der Waals surface area contributed by atoms with Crippen molar-refractivity contribution in [2.45, 2.75) is 6.18 Å². The summed E-state index contributed by atoms with van der Waals surface area (Å²) in [7, 11) is 1.43. The van der Waals surface area contributed by atoms with Gasteiger partial charge in [-0.05, 0) is 18.2 Å². The lowest BCUT2D eigenvalue weighted by Crippen LogP contribution is -2.32. The first-order chi connectivity index (χ1) is 9.75. The van der Waals surface area contributed by atoms with Crippen LogP contribution in [0, 0.1) is 0 Å². The number of urea groups is 1. The minimum Gasteiger partial charge on any atom is -0.478 e. The van der Waals surface area contributed by atoms with Crippen molar-refractivity contribution in [1.29, 1.82) is 0 Å². The van der Waals surface area contributed by atoms with Crippen LogP contribution in [0.2, 0.25) is 0 Å². The van der Waals surface area contributed by atoms with Gasteiger partial charge in [0.15, 0.2) is 0 Å². The molecule has 0 unspecified atom stereocenters. The van der Waals surface area contributed by atoms with Crippen LogP contribution in [0.25, 0.3) is 0 Å². The quantitative estimate of drug-likeness (QED) is 0.728. The van der Waals surface area contributed by atoms with Crippen molar-refractivity contribution in [3.05, 3.63) is 29.3 Å². The number of rotatable bonds is 5. The number of hydrogen-bond donors (Lipinski definition) is 3. The van der Waals surface area contributed by atoms with Gasteiger partial charge in [0.1, 0.15) is 0 Å². The molecule has 0 bridgehead atoms. The Morgan fingerprint density at radius 1 is 1.33 bits per heavy atom. The van der Waals surface area contributed by atoms with Gasteiger partial charge in [0.05, 0.1) is 23.4 Å². The third-order valence-corrected chi connectivity index (χ3v) is 2.42. The number of carboxylic acids is 1. The Labute approximate surface area is 117 Å². The predicted octanol–water partition coefficient (Wildman–Crippen LogP) is 2.17. The number of benzene rings is 1. The van der Waals surface area contributed by atoms with E-state index in [4.69, 9.17) is 9.84 Å². The van der Waals surface area contributed by atoms with E-state index in [1.54, 1.807) is 0 Å². The molecule has 2 amide bonds. The molecule has 0 aliphatic heterocycles. The van der Waals surface area contributed by atoms with Crippen molar-refractivity contribution in [3.8, 4) is 0 Å². The average Bonchev–Trinajstić information content (AvgIpc) is 2.37. The van der Waals surface area contributed by atoms with E-state index in [0.717, 1.165) is 6.07 Å². The van der Waals surface area contributed by atoms with Crippen molar-refractivity contribution >= 4 is 17.7 Å². The number of ether oxygens (including phenoxy) is 1. The van der Waals surface area contributed by atoms with E-state index in [1.165, 1.54) is 7.11 Å². The number of alkyl halides is 3. The number of anilines is 1. The van der Waals surface area contributed by atoms with Gasteiger partial charge in [-0.15, -0.1) is 0 Å². The lowest BCUT2D eigenvalue weighted by molar-refractivity contribution is -0.137. The summed E-state index contributed by atoms with van der Waals surface area (Å²) in [4.78, 5) is 22.4. The zero-order valence-electron chi connectivity index (χ0n) is 11.0. The molecule has 0 spiro atoms. The minimum absolute atomic E-state index is 0.172. The Bertz CT molecular complexity index is 532. The molecule has 0 saturated heterocycles. The third kappa shape index (κ3) is 4.95. The molecule has 0 saturated carbocycles. The molecule has 0 aliphatic carbocycles.